The van der Waals surface area contributed by atoms with E-state index in [4.69, 9.17) is 0 Å². The van der Waals surface area contributed by atoms with Gasteiger partial charge in [-0.25, -0.2) is 0 Å². The first kappa shape index (κ1) is 20.4. The van der Waals surface area contributed by atoms with Crippen molar-refractivity contribution < 1.29 is 0 Å². The van der Waals surface area contributed by atoms with E-state index in [2.05, 4.69) is 47.4 Å². The number of hydrogen-bond acceptors (Lipinski definition) is 4. The third-order valence-electron chi connectivity index (χ3n) is 2.16. The van der Waals surface area contributed by atoms with Gasteiger partial charge in [-0.05, 0) is 36.8 Å². The van der Waals surface area contributed by atoms with Crippen LogP contribution in [-0.2, 0) is 0 Å². The summed E-state index contributed by atoms with van der Waals surface area (Å²) in [6.45, 7) is 2.06. The van der Waals surface area contributed by atoms with E-state index in [0.717, 1.165) is 24.6 Å². The molecular weight excluding hydrogens is 307 g/mol. The van der Waals surface area contributed by atoms with Gasteiger partial charge in [-0.3, -0.25) is 0 Å². The fourth-order valence-electron chi connectivity index (χ4n) is 1.30. The number of rotatable bonds is 8. The lowest BCUT2D eigenvalue weighted by molar-refractivity contribution is 1.22. The van der Waals surface area contributed by atoms with Gasteiger partial charge in [0.15, 0.2) is 0 Å². The SMILES string of the molecule is CSCCNc1ccc(NCCSC)cc1.Cl.Cl. The van der Waals surface area contributed by atoms with Crippen LogP contribution >= 0.6 is 48.3 Å². The average Bonchev–Trinajstić information content (AvgIpc) is 2.32. The van der Waals surface area contributed by atoms with Crippen molar-refractivity contribution in [3.8, 4) is 0 Å². The molecule has 6 heteroatoms. The molecule has 1 rings (SSSR count). The largest absolute Gasteiger partial charge is 0.384 e. The maximum Gasteiger partial charge on any atom is 0.0341 e. The topological polar surface area (TPSA) is 24.1 Å². The van der Waals surface area contributed by atoms with Crippen LogP contribution in [-0.4, -0.2) is 37.1 Å². The highest BCUT2D eigenvalue weighted by Gasteiger charge is 1.93. The molecule has 0 saturated heterocycles. The molecule has 0 amide bonds. The van der Waals surface area contributed by atoms with E-state index in [-0.39, 0.29) is 24.8 Å². The summed E-state index contributed by atoms with van der Waals surface area (Å²) in [6.07, 6.45) is 4.25. The predicted molar refractivity (Wildman–Crippen MR) is 94.7 cm³/mol. The zero-order chi connectivity index (χ0) is 11.6. The Morgan fingerprint density at radius 1 is 0.778 bits per heavy atom. The molecule has 1 aromatic carbocycles. The van der Waals surface area contributed by atoms with E-state index in [1.165, 1.54) is 11.4 Å². The van der Waals surface area contributed by atoms with Crippen molar-refractivity contribution >= 4 is 59.7 Å². The Morgan fingerprint density at radius 2 is 1.11 bits per heavy atom. The molecule has 0 bridgehead atoms. The second-order valence-corrected chi connectivity index (χ2v) is 5.39. The molecule has 0 aliphatic carbocycles. The van der Waals surface area contributed by atoms with Gasteiger partial charge in [0.05, 0.1) is 0 Å². The van der Waals surface area contributed by atoms with Crippen molar-refractivity contribution in [3.05, 3.63) is 24.3 Å². The molecule has 0 saturated carbocycles. The first-order valence-corrected chi connectivity index (χ1v) is 8.21. The van der Waals surface area contributed by atoms with Crippen molar-refractivity contribution in [3.63, 3.8) is 0 Å². The van der Waals surface area contributed by atoms with Gasteiger partial charge in [0.1, 0.15) is 0 Å². The minimum atomic E-state index is 0. The summed E-state index contributed by atoms with van der Waals surface area (Å²) in [5.41, 5.74) is 2.40. The quantitative estimate of drug-likeness (QED) is 0.702. The van der Waals surface area contributed by atoms with Crippen LogP contribution in [0.3, 0.4) is 0 Å². The monoisotopic (exact) mass is 328 g/mol. The molecule has 2 N–H and O–H groups in total. The molecule has 0 unspecified atom stereocenters. The van der Waals surface area contributed by atoms with Crippen LogP contribution in [0.2, 0.25) is 0 Å². The summed E-state index contributed by atoms with van der Waals surface area (Å²) in [5, 5.41) is 6.77. The van der Waals surface area contributed by atoms with Gasteiger partial charge in [0.25, 0.3) is 0 Å². The number of nitrogens with one attached hydrogen (secondary N) is 2. The number of halogens is 2. The van der Waals surface area contributed by atoms with E-state index in [1.54, 1.807) is 0 Å². The summed E-state index contributed by atoms with van der Waals surface area (Å²) >= 11 is 3.72. The Labute approximate surface area is 131 Å². The highest BCUT2D eigenvalue weighted by molar-refractivity contribution is 7.98. The van der Waals surface area contributed by atoms with E-state index in [9.17, 15) is 0 Å². The number of anilines is 2. The van der Waals surface area contributed by atoms with E-state index >= 15 is 0 Å². The van der Waals surface area contributed by atoms with Crippen LogP contribution < -0.4 is 10.6 Å². The zero-order valence-corrected chi connectivity index (χ0v) is 14.0. The Morgan fingerprint density at radius 3 is 1.39 bits per heavy atom. The summed E-state index contributed by atoms with van der Waals surface area (Å²) in [5.74, 6) is 2.29. The van der Waals surface area contributed by atoms with Crippen molar-refractivity contribution in [2.75, 3.05) is 47.7 Å². The lowest BCUT2D eigenvalue weighted by Gasteiger charge is -2.08. The molecule has 0 heterocycles. The third-order valence-corrected chi connectivity index (χ3v) is 3.38. The molecule has 2 nitrogen and oxygen atoms in total. The Kier molecular flexibility index (Phi) is 15.3. The molecule has 18 heavy (non-hydrogen) atoms. The van der Waals surface area contributed by atoms with E-state index in [0.29, 0.717) is 0 Å². The van der Waals surface area contributed by atoms with Crippen LogP contribution in [0.1, 0.15) is 0 Å². The molecule has 0 fully saturated rings. The number of thioether (sulfide) groups is 2. The molecule has 0 atom stereocenters. The second kappa shape index (κ2) is 13.5. The van der Waals surface area contributed by atoms with Gasteiger partial charge in [-0.2, -0.15) is 23.5 Å². The van der Waals surface area contributed by atoms with Gasteiger partial charge in [0.2, 0.25) is 0 Å². The fourth-order valence-corrected chi connectivity index (χ4v) is 1.91. The first-order chi connectivity index (χ1) is 7.86. The maximum atomic E-state index is 3.39. The van der Waals surface area contributed by atoms with Gasteiger partial charge < -0.3 is 10.6 Å². The Balaban J connectivity index is 0. The standard InChI is InChI=1S/C12H20N2S2.2ClH/c1-15-9-7-13-11-3-5-12(6-4-11)14-8-10-16-2;;/h3-6,13-14H,7-10H2,1-2H3;2*1H. The lowest BCUT2D eigenvalue weighted by Crippen LogP contribution is -2.05. The molecule has 106 valence electrons. The lowest BCUT2D eigenvalue weighted by atomic mass is 10.3. The molecule has 0 spiro atoms. The second-order valence-electron chi connectivity index (χ2n) is 3.42. The van der Waals surface area contributed by atoms with Crippen LogP contribution in [0.4, 0.5) is 11.4 Å². The van der Waals surface area contributed by atoms with Gasteiger partial charge in [0, 0.05) is 36.0 Å². The van der Waals surface area contributed by atoms with E-state index in [1.807, 2.05) is 23.5 Å². The molecule has 0 aliphatic rings. The van der Waals surface area contributed by atoms with Gasteiger partial charge >= 0.3 is 0 Å². The third kappa shape index (κ3) is 9.09. The van der Waals surface area contributed by atoms with Crippen molar-refractivity contribution in [2.45, 2.75) is 0 Å². The smallest absolute Gasteiger partial charge is 0.0341 e. The average molecular weight is 329 g/mol. The van der Waals surface area contributed by atoms with Crippen molar-refractivity contribution in [1.82, 2.24) is 0 Å². The molecule has 1 aromatic rings. The van der Waals surface area contributed by atoms with Crippen LogP contribution in [0.5, 0.6) is 0 Å². The minimum absolute atomic E-state index is 0. The van der Waals surface area contributed by atoms with Crippen LogP contribution in [0, 0.1) is 0 Å². The first-order valence-electron chi connectivity index (χ1n) is 5.42. The van der Waals surface area contributed by atoms with Crippen molar-refractivity contribution in [1.29, 1.82) is 0 Å². The predicted octanol–water partition coefficient (Wildman–Crippen LogP) is 4.08. The highest BCUT2D eigenvalue weighted by Crippen LogP contribution is 2.13. The molecule has 0 radical (unpaired) electrons. The highest BCUT2D eigenvalue weighted by atomic mass is 35.5. The van der Waals surface area contributed by atoms with E-state index < -0.39 is 0 Å². The number of benzene rings is 1. The Bertz CT molecular complexity index is 255. The summed E-state index contributed by atoms with van der Waals surface area (Å²) in [7, 11) is 0. The Hall–Kier alpha value is 0.1000. The maximum absolute atomic E-state index is 3.39. The number of hydrogen-bond donors (Lipinski definition) is 2. The normalized spacial score (nSPS) is 9.00. The minimum Gasteiger partial charge on any atom is -0.384 e. The fraction of sp³-hybridized carbons (Fsp3) is 0.500. The van der Waals surface area contributed by atoms with Crippen LogP contribution in [0.25, 0.3) is 0 Å². The summed E-state index contributed by atoms with van der Waals surface area (Å²) in [6, 6.07) is 8.51. The summed E-state index contributed by atoms with van der Waals surface area (Å²) in [4.78, 5) is 0. The zero-order valence-electron chi connectivity index (χ0n) is 10.8. The van der Waals surface area contributed by atoms with Crippen LogP contribution in [0.15, 0.2) is 24.3 Å². The molecule has 0 aliphatic heterocycles. The molecule has 0 aromatic heterocycles. The van der Waals surface area contributed by atoms with Gasteiger partial charge in [-0.1, -0.05) is 0 Å². The summed E-state index contributed by atoms with van der Waals surface area (Å²) < 4.78 is 0. The van der Waals surface area contributed by atoms with Crippen molar-refractivity contribution in [2.24, 2.45) is 0 Å². The molecular formula is C12H22Cl2N2S2. The van der Waals surface area contributed by atoms with Gasteiger partial charge in [-0.15, -0.1) is 24.8 Å².